The maximum absolute atomic E-state index is 12.3. The highest BCUT2D eigenvalue weighted by atomic mass is 32.1. The number of rotatable bonds is 3. The summed E-state index contributed by atoms with van der Waals surface area (Å²) in [7, 11) is 0. The lowest BCUT2D eigenvalue weighted by Crippen LogP contribution is -2.11. The molecule has 7 heteroatoms. The van der Waals surface area contributed by atoms with Crippen LogP contribution in [0.3, 0.4) is 0 Å². The second-order valence-electron chi connectivity index (χ2n) is 5.25. The highest BCUT2D eigenvalue weighted by molar-refractivity contribution is 7.14. The van der Waals surface area contributed by atoms with Gasteiger partial charge in [-0.25, -0.2) is 4.98 Å². The molecule has 1 N–H and O–H groups in total. The third kappa shape index (κ3) is 3.03. The summed E-state index contributed by atoms with van der Waals surface area (Å²) in [6, 6.07) is 14.1. The van der Waals surface area contributed by atoms with Crippen LogP contribution in [0.5, 0.6) is 11.5 Å². The molecule has 0 saturated carbocycles. The molecular formula is C18H11N3O3S. The van der Waals surface area contributed by atoms with Crippen LogP contribution in [0.4, 0.5) is 5.13 Å². The van der Waals surface area contributed by atoms with E-state index in [9.17, 15) is 4.79 Å². The van der Waals surface area contributed by atoms with Crippen LogP contribution in [0.25, 0.3) is 11.3 Å². The minimum absolute atomic E-state index is 0.221. The monoisotopic (exact) mass is 349 g/mol. The Hall–Kier alpha value is -3.37. The van der Waals surface area contributed by atoms with Gasteiger partial charge in [0.05, 0.1) is 17.3 Å². The fourth-order valence-corrected chi connectivity index (χ4v) is 3.13. The van der Waals surface area contributed by atoms with Gasteiger partial charge in [0.15, 0.2) is 16.6 Å². The maximum atomic E-state index is 12.3. The van der Waals surface area contributed by atoms with Crippen molar-refractivity contribution in [2.75, 3.05) is 12.1 Å². The van der Waals surface area contributed by atoms with E-state index < -0.39 is 0 Å². The Morgan fingerprint density at radius 1 is 1.20 bits per heavy atom. The molecule has 0 atom stereocenters. The van der Waals surface area contributed by atoms with Crippen LogP contribution in [0.1, 0.15) is 15.9 Å². The first-order chi connectivity index (χ1) is 12.2. The lowest BCUT2D eigenvalue weighted by molar-refractivity contribution is 0.102. The van der Waals surface area contributed by atoms with Crippen molar-refractivity contribution in [2.45, 2.75) is 0 Å². The number of hydrogen-bond acceptors (Lipinski definition) is 6. The zero-order valence-corrected chi connectivity index (χ0v) is 13.7. The van der Waals surface area contributed by atoms with Gasteiger partial charge in [-0.3, -0.25) is 10.1 Å². The summed E-state index contributed by atoms with van der Waals surface area (Å²) in [5.74, 6) is 1.10. The molecule has 25 heavy (non-hydrogen) atoms. The summed E-state index contributed by atoms with van der Waals surface area (Å²) in [5.41, 5.74) is 2.48. The molecule has 1 aliphatic heterocycles. The van der Waals surface area contributed by atoms with Crippen molar-refractivity contribution in [3.8, 4) is 28.8 Å². The number of thiazole rings is 1. The van der Waals surface area contributed by atoms with E-state index in [2.05, 4.69) is 10.3 Å². The van der Waals surface area contributed by atoms with Crippen LogP contribution in [0.2, 0.25) is 0 Å². The Bertz CT molecular complexity index is 1010. The molecule has 1 amide bonds. The molecule has 2 aromatic carbocycles. The smallest absolute Gasteiger partial charge is 0.257 e. The number of nitrogens with zero attached hydrogens (tertiary/aromatic N) is 2. The van der Waals surface area contributed by atoms with Crippen LogP contribution in [-0.2, 0) is 0 Å². The fraction of sp³-hybridized carbons (Fsp3) is 0.0556. The number of carbonyl (C=O) groups is 1. The first-order valence-electron chi connectivity index (χ1n) is 7.40. The Morgan fingerprint density at radius 2 is 2.08 bits per heavy atom. The van der Waals surface area contributed by atoms with Crippen LogP contribution in [-0.4, -0.2) is 17.7 Å². The Labute approximate surface area is 147 Å². The van der Waals surface area contributed by atoms with Crippen LogP contribution in [0.15, 0.2) is 47.8 Å². The lowest BCUT2D eigenvalue weighted by atomic mass is 10.1. The van der Waals surface area contributed by atoms with Crippen molar-refractivity contribution in [2.24, 2.45) is 0 Å². The van der Waals surface area contributed by atoms with Gasteiger partial charge in [-0.1, -0.05) is 6.07 Å². The van der Waals surface area contributed by atoms with Crippen molar-refractivity contribution < 1.29 is 14.3 Å². The van der Waals surface area contributed by atoms with E-state index in [4.69, 9.17) is 14.7 Å². The molecule has 3 aromatic rings. The number of nitriles is 1. The molecule has 0 aliphatic carbocycles. The minimum atomic E-state index is -0.302. The van der Waals surface area contributed by atoms with Gasteiger partial charge in [-0.2, -0.15) is 5.26 Å². The van der Waals surface area contributed by atoms with E-state index in [-0.39, 0.29) is 12.7 Å². The van der Waals surface area contributed by atoms with E-state index in [1.54, 1.807) is 24.3 Å². The number of fused-ring (bicyclic) bond motifs is 1. The zero-order valence-electron chi connectivity index (χ0n) is 12.9. The van der Waals surface area contributed by atoms with Gasteiger partial charge in [0.25, 0.3) is 5.91 Å². The van der Waals surface area contributed by atoms with Gasteiger partial charge in [-0.05, 0) is 36.4 Å². The number of nitrogens with one attached hydrogen (secondary N) is 1. The predicted octanol–water partition coefficient (Wildman–Crippen LogP) is 3.66. The second-order valence-corrected chi connectivity index (χ2v) is 6.11. The van der Waals surface area contributed by atoms with Crippen molar-refractivity contribution in [3.63, 3.8) is 0 Å². The molecule has 122 valence electrons. The summed E-state index contributed by atoms with van der Waals surface area (Å²) >= 11 is 1.33. The summed E-state index contributed by atoms with van der Waals surface area (Å²) in [5, 5.41) is 14.0. The highest BCUT2D eigenvalue weighted by Gasteiger charge is 2.16. The van der Waals surface area contributed by atoms with Crippen molar-refractivity contribution >= 4 is 22.4 Å². The van der Waals surface area contributed by atoms with Gasteiger partial charge < -0.3 is 9.47 Å². The molecule has 1 aliphatic rings. The highest BCUT2D eigenvalue weighted by Crippen LogP contribution is 2.36. The number of anilines is 1. The van der Waals surface area contributed by atoms with Crippen molar-refractivity contribution in [3.05, 3.63) is 59.0 Å². The van der Waals surface area contributed by atoms with Crippen LogP contribution < -0.4 is 14.8 Å². The molecular weight excluding hydrogens is 338 g/mol. The van der Waals surface area contributed by atoms with Gasteiger partial charge in [-0.15, -0.1) is 11.3 Å². The summed E-state index contributed by atoms with van der Waals surface area (Å²) < 4.78 is 10.7. The molecule has 2 heterocycles. The predicted molar refractivity (Wildman–Crippen MR) is 92.8 cm³/mol. The first kappa shape index (κ1) is 15.2. The molecule has 6 nitrogen and oxygen atoms in total. The Morgan fingerprint density at radius 3 is 2.96 bits per heavy atom. The quantitative estimate of drug-likeness (QED) is 0.780. The average Bonchev–Trinajstić information content (AvgIpc) is 3.30. The fourth-order valence-electron chi connectivity index (χ4n) is 2.42. The Balaban J connectivity index is 1.53. The molecule has 0 fully saturated rings. The number of benzene rings is 2. The van der Waals surface area contributed by atoms with Crippen molar-refractivity contribution in [1.29, 1.82) is 5.26 Å². The Kier molecular flexibility index (Phi) is 3.80. The van der Waals surface area contributed by atoms with E-state index in [1.807, 2.05) is 29.6 Å². The number of hydrogen-bond donors (Lipinski definition) is 1. The molecule has 0 unspecified atom stereocenters. The summed E-state index contributed by atoms with van der Waals surface area (Å²) in [4.78, 5) is 16.7. The molecule has 0 bridgehead atoms. The van der Waals surface area contributed by atoms with E-state index in [1.165, 1.54) is 11.3 Å². The molecule has 0 saturated heterocycles. The standard InChI is InChI=1S/C18H11N3O3S/c19-8-11-2-1-3-13(6-11)17(22)21-18-20-14(9-25-18)12-4-5-15-16(7-12)24-10-23-15/h1-7,9H,10H2,(H,20,21,22). The second kappa shape index (κ2) is 6.26. The number of amides is 1. The topological polar surface area (TPSA) is 84.2 Å². The summed E-state index contributed by atoms with van der Waals surface area (Å²) in [6.07, 6.45) is 0. The normalized spacial score (nSPS) is 11.8. The summed E-state index contributed by atoms with van der Waals surface area (Å²) in [6.45, 7) is 0.221. The van der Waals surface area contributed by atoms with E-state index >= 15 is 0 Å². The van der Waals surface area contributed by atoms with E-state index in [0.29, 0.717) is 27.8 Å². The third-order valence-electron chi connectivity index (χ3n) is 3.65. The lowest BCUT2D eigenvalue weighted by Gasteiger charge is -2.02. The number of aromatic nitrogens is 1. The van der Waals surface area contributed by atoms with Gasteiger partial charge in [0.1, 0.15) is 0 Å². The first-order valence-corrected chi connectivity index (χ1v) is 8.28. The average molecular weight is 349 g/mol. The van der Waals surface area contributed by atoms with Gasteiger partial charge in [0, 0.05) is 16.5 Å². The van der Waals surface area contributed by atoms with Crippen LogP contribution >= 0.6 is 11.3 Å². The van der Waals surface area contributed by atoms with Gasteiger partial charge >= 0.3 is 0 Å². The van der Waals surface area contributed by atoms with Gasteiger partial charge in [0.2, 0.25) is 6.79 Å². The zero-order chi connectivity index (χ0) is 17.2. The number of ether oxygens (including phenoxy) is 2. The van der Waals surface area contributed by atoms with Crippen molar-refractivity contribution in [1.82, 2.24) is 4.98 Å². The molecule has 1 aromatic heterocycles. The number of carbonyl (C=O) groups excluding carboxylic acids is 1. The minimum Gasteiger partial charge on any atom is -0.454 e. The molecule has 0 radical (unpaired) electrons. The maximum Gasteiger partial charge on any atom is 0.257 e. The van der Waals surface area contributed by atoms with E-state index in [0.717, 1.165) is 11.3 Å². The SMILES string of the molecule is N#Cc1cccc(C(=O)Nc2nc(-c3ccc4c(c3)OCO4)cs2)c1. The largest absolute Gasteiger partial charge is 0.454 e. The molecule has 0 spiro atoms. The molecule has 4 rings (SSSR count). The third-order valence-corrected chi connectivity index (χ3v) is 4.40. The van der Waals surface area contributed by atoms with Crippen LogP contribution in [0, 0.1) is 11.3 Å².